The van der Waals surface area contributed by atoms with Crippen molar-refractivity contribution >= 4 is 15.9 Å². The molecule has 0 aliphatic rings. The van der Waals surface area contributed by atoms with Gasteiger partial charge in [0.1, 0.15) is 0 Å². The maximum Gasteiger partial charge on any atom is 0.223 e. The lowest BCUT2D eigenvalue weighted by molar-refractivity contribution is -0.125. The first kappa shape index (κ1) is 18.4. The minimum atomic E-state index is -3.18. The summed E-state index contributed by atoms with van der Waals surface area (Å²) in [6.07, 6.45) is 4.63. The number of rotatable bonds is 10. The van der Waals surface area contributed by atoms with Crippen LogP contribution in [0, 0.1) is 5.92 Å². The van der Waals surface area contributed by atoms with Crippen LogP contribution in [0.4, 0.5) is 0 Å². The van der Waals surface area contributed by atoms with Crippen LogP contribution in [0.2, 0.25) is 0 Å². The average molecular weight is 292 g/mol. The molecule has 0 aliphatic heterocycles. The van der Waals surface area contributed by atoms with E-state index in [0.29, 0.717) is 19.6 Å². The second-order valence-electron chi connectivity index (χ2n) is 4.82. The standard InChI is InChI=1S/C13H28N2O3S/c1-5-8-10-15(19(4,17)18)11-9-14-13(16)12(6-2)7-3/h12H,5-11H2,1-4H3,(H,14,16). The summed E-state index contributed by atoms with van der Waals surface area (Å²) in [6, 6.07) is 0. The van der Waals surface area contributed by atoms with Crippen molar-refractivity contribution in [2.45, 2.75) is 46.5 Å². The summed E-state index contributed by atoms with van der Waals surface area (Å²) < 4.78 is 24.6. The average Bonchev–Trinajstić information content (AvgIpc) is 2.33. The first-order valence-corrected chi connectivity index (χ1v) is 8.94. The molecule has 0 heterocycles. The summed E-state index contributed by atoms with van der Waals surface area (Å²) in [5.74, 6) is 0.0521. The molecule has 0 saturated heterocycles. The number of carbonyl (C=O) groups is 1. The number of hydrogen-bond donors (Lipinski definition) is 1. The number of hydrogen-bond acceptors (Lipinski definition) is 3. The predicted octanol–water partition coefficient (Wildman–Crippen LogP) is 1.60. The lowest BCUT2D eigenvalue weighted by Gasteiger charge is -2.20. The Labute approximate surface area is 117 Å². The minimum absolute atomic E-state index is 0.0222. The largest absolute Gasteiger partial charge is 0.355 e. The molecule has 0 aromatic rings. The molecule has 6 heteroatoms. The molecule has 0 unspecified atom stereocenters. The van der Waals surface area contributed by atoms with E-state index in [4.69, 9.17) is 0 Å². The first-order chi connectivity index (χ1) is 8.86. The van der Waals surface area contributed by atoms with Crippen molar-refractivity contribution < 1.29 is 13.2 Å². The molecule has 19 heavy (non-hydrogen) atoms. The number of sulfonamides is 1. The predicted molar refractivity (Wildman–Crippen MR) is 78.4 cm³/mol. The molecule has 0 bridgehead atoms. The normalized spacial score (nSPS) is 12.1. The molecular formula is C13H28N2O3S. The number of carbonyl (C=O) groups excluding carboxylic acids is 1. The first-order valence-electron chi connectivity index (χ1n) is 7.09. The van der Waals surface area contributed by atoms with Crippen LogP contribution >= 0.6 is 0 Å². The van der Waals surface area contributed by atoms with Gasteiger partial charge in [-0.3, -0.25) is 4.79 Å². The van der Waals surface area contributed by atoms with Crippen LogP contribution in [-0.4, -0.2) is 44.5 Å². The Bertz CT molecular complexity index is 351. The molecule has 0 aromatic carbocycles. The Kier molecular flexibility index (Phi) is 9.01. The van der Waals surface area contributed by atoms with Gasteiger partial charge in [0.05, 0.1) is 6.26 Å². The van der Waals surface area contributed by atoms with E-state index in [9.17, 15) is 13.2 Å². The van der Waals surface area contributed by atoms with Gasteiger partial charge in [-0.1, -0.05) is 27.2 Å². The molecule has 0 fully saturated rings. The third kappa shape index (κ3) is 7.52. The highest BCUT2D eigenvalue weighted by Crippen LogP contribution is 2.07. The highest BCUT2D eigenvalue weighted by Gasteiger charge is 2.17. The van der Waals surface area contributed by atoms with E-state index in [1.807, 2.05) is 20.8 Å². The van der Waals surface area contributed by atoms with Gasteiger partial charge < -0.3 is 5.32 Å². The van der Waals surface area contributed by atoms with Crippen molar-refractivity contribution in [3.8, 4) is 0 Å². The Morgan fingerprint density at radius 1 is 1.16 bits per heavy atom. The number of nitrogens with one attached hydrogen (secondary N) is 1. The summed E-state index contributed by atoms with van der Waals surface area (Å²) in [5.41, 5.74) is 0. The SMILES string of the molecule is CCCCN(CCNC(=O)C(CC)CC)S(C)(=O)=O. The Hall–Kier alpha value is -0.620. The highest BCUT2D eigenvalue weighted by molar-refractivity contribution is 7.88. The van der Waals surface area contributed by atoms with Gasteiger partial charge in [-0.25, -0.2) is 12.7 Å². The fourth-order valence-corrected chi connectivity index (χ4v) is 2.77. The van der Waals surface area contributed by atoms with Gasteiger partial charge in [0.15, 0.2) is 0 Å². The smallest absolute Gasteiger partial charge is 0.223 e. The molecule has 1 amide bonds. The maximum atomic E-state index is 11.8. The third-order valence-electron chi connectivity index (χ3n) is 3.25. The summed E-state index contributed by atoms with van der Waals surface area (Å²) in [5, 5.41) is 2.82. The summed E-state index contributed by atoms with van der Waals surface area (Å²) in [7, 11) is -3.18. The van der Waals surface area contributed by atoms with Crippen LogP contribution in [0.3, 0.4) is 0 Å². The zero-order chi connectivity index (χ0) is 14.9. The molecule has 0 aromatic heterocycles. The zero-order valence-corrected chi connectivity index (χ0v) is 13.4. The topological polar surface area (TPSA) is 66.5 Å². The lowest BCUT2D eigenvalue weighted by atomic mass is 10.0. The van der Waals surface area contributed by atoms with Gasteiger partial charge in [-0.15, -0.1) is 0 Å². The van der Waals surface area contributed by atoms with Crippen LogP contribution in [0.25, 0.3) is 0 Å². The van der Waals surface area contributed by atoms with Crippen molar-refractivity contribution in [3.63, 3.8) is 0 Å². The van der Waals surface area contributed by atoms with Crippen molar-refractivity contribution in [2.75, 3.05) is 25.9 Å². The summed E-state index contributed by atoms with van der Waals surface area (Å²) >= 11 is 0. The molecular weight excluding hydrogens is 264 g/mol. The highest BCUT2D eigenvalue weighted by atomic mass is 32.2. The minimum Gasteiger partial charge on any atom is -0.355 e. The van der Waals surface area contributed by atoms with E-state index in [2.05, 4.69) is 5.32 Å². The molecule has 0 atom stereocenters. The number of amides is 1. The van der Waals surface area contributed by atoms with Crippen LogP contribution in [-0.2, 0) is 14.8 Å². The van der Waals surface area contributed by atoms with Crippen molar-refractivity contribution in [1.82, 2.24) is 9.62 Å². The number of nitrogens with zero attached hydrogens (tertiary/aromatic N) is 1. The molecule has 114 valence electrons. The molecule has 0 rings (SSSR count). The van der Waals surface area contributed by atoms with E-state index >= 15 is 0 Å². The zero-order valence-electron chi connectivity index (χ0n) is 12.6. The van der Waals surface area contributed by atoms with Gasteiger partial charge >= 0.3 is 0 Å². The Balaban J connectivity index is 4.23. The fraction of sp³-hybridized carbons (Fsp3) is 0.923. The Morgan fingerprint density at radius 2 is 1.74 bits per heavy atom. The molecule has 0 radical (unpaired) electrons. The van der Waals surface area contributed by atoms with E-state index in [0.717, 1.165) is 25.7 Å². The van der Waals surface area contributed by atoms with Crippen LogP contribution in [0.15, 0.2) is 0 Å². The van der Waals surface area contributed by atoms with Gasteiger partial charge in [-0.2, -0.15) is 0 Å². The molecule has 0 aliphatic carbocycles. The van der Waals surface area contributed by atoms with Gasteiger partial charge in [-0.05, 0) is 19.3 Å². The third-order valence-corrected chi connectivity index (χ3v) is 4.55. The number of unbranched alkanes of at least 4 members (excludes halogenated alkanes) is 1. The van der Waals surface area contributed by atoms with Crippen molar-refractivity contribution in [2.24, 2.45) is 5.92 Å². The van der Waals surface area contributed by atoms with E-state index in [1.54, 1.807) is 0 Å². The van der Waals surface area contributed by atoms with Crippen LogP contribution in [0.1, 0.15) is 46.5 Å². The van der Waals surface area contributed by atoms with Gasteiger partial charge in [0.2, 0.25) is 15.9 Å². The molecule has 1 N–H and O–H groups in total. The molecule has 5 nitrogen and oxygen atoms in total. The van der Waals surface area contributed by atoms with Crippen LogP contribution < -0.4 is 5.32 Å². The summed E-state index contributed by atoms with van der Waals surface area (Å²) in [6.45, 7) is 7.25. The van der Waals surface area contributed by atoms with Crippen molar-refractivity contribution in [1.29, 1.82) is 0 Å². The maximum absolute atomic E-state index is 11.8. The quantitative estimate of drug-likeness (QED) is 0.665. The van der Waals surface area contributed by atoms with E-state index in [1.165, 1.54) is 10.6 Å². The monoisotopic (exact) mass is 292 g/mol. The van der Waals surface area contributed by atoms with E-state index < -0.39 is 10.0 Å². The van der Waals surface area contributed by atoms with Gasteiger partial charge in [0.25, 0.3) is 0 Å². The Morgan fingerprint density at radius 3 is 2.16 bits per heavy atom. The lowest BCUT2D eigenvalue weighted by Crippen LogP contribution is -2.40. The second-order valence-corrected chi connectivity index (χ2v) is 6.80. The molecule has 0 spiro atoms. The van der Waals surface area contributed by atoms with E-state index in [-0.39, 0.29) is 11.8 Å². The van der Waals surface area contributed by atoms with Crippen LogP contribution in [0.5, 0.6) is 0 Å². The molecule has 0 saturated carbocycles. The summed E-state index contributed by atoms with van der Waals surface area (Å²) in [4.78, 5) is 11.8. The van der Waals surface area contributed by atoms with Gasteiger partial charge in [0, 0.05) is 25.6 Å². The van der Waals surface area contributed by atoms with Crippen molar-refractivity contribution in [3.05, 3.63) is 0 Å². The second kappa shape index (κ2) is 9.31. The fourth-order valence-electron chi connectivity index (χ4n) is 1.89.